The Bertz CT molecular complexity index is 474. The maximum atomic E-state index is 2.21. The van der Waals surface area contributed by atoms with Gasteiger partial charge in [-0.05, 0) is 24.3 Å². The van der Waals surface area contributed by atoms with Crippen molar-refractivity contribution in [3.05, 3.63) is 60.2 Å². The van der Waals surface area contributed by atoms with Crippen molar-refractivity contribution in [3.8, 4) is 0 Å². The Morgan fingerprint density at radius 3 is 2.06 bits per heavy atom. The predicted molar refractivity (Wildman–Crippen MR) is 77.5 cm³/mol. The monoisotopic (exact) mass is 241 g/mol. The molecule has 1 unspecified atom stereocenters. The molecular formula is C16H21N2+. The molecule has 0 aromatic heterocycles. The van der Waals surface area contributed by atoms with E-state index in [4.69, 9.17) is 0 Å². The van der Waals surface area contributed by atoms with Crippen molar-refractivity contribution in [3.63, 3.8) is 0 Å². The summed E-state index contributed by atoms with van der Waals surface area (Å²) in [4.78, 5) is 3.53. The third kappa shape index (κ3) is 3.11. The third-order valence-corrected chi connectivity index (χ3v) is 3.19. The van der Waals surface area contributed by atoms with E-state index >= 15 is 0 Å². The molecule has 0 radical (unpaired) electrons. The zero-order valence-electron chi connectivity index (χ0n) is 11.4. The number of nitrogens with zero attached hydrogens (tertiary/aromatic N) is 1. The van der Waals surface area contributed by atoms with Gasteiger partial charge in [-0.1, -0.05) is 30.3 Å². The molecule has 0 aliphatic carbocycles. The second-order valence-electron chi connectivity index (χ2n) is 4.88. The van der Waals surface area contributed by atoms with Gasteiger partial charge in [-0.15, -0.1) is 0 Å². The van der Waals surface area contributed by atoms with Gasteiger partial charge < -0.3 is 9.80 Å². The summed E-state index contributed by atoms with van der Waals surface area (Å²) >= 11 is 0. The Kier molecular flexibility index (Phi) is 4.00. The first-order valence-electron chi connectivity index (χ1n) is 6.31. The van der Waals surface area contributed by atoms with Gasteiger partial charge in [0.05, 0.1) is 7.05 Å². The number of quaternary nitrogens is 1. The zero-order valence-corrected chi connectivity index (χ0v) is 11.4. The van der Waals surface area contributed by atoms with Crippen LogP contribution in [0.4, 0.5) is 11.4 Å². The first-order valence-corrected chi connectivity index (χ1v) is 6.31. The van der Waals surface area contributed by atoms with Gasteiger partial charge in [0.25, 0.3) is 0 Å². The van der Waals surface area contributed by atoms with Crippen LogP contribution in [0.2, 0.25) is 0 Å². The summed E-state index contributed by atoms with van der Waals surface area (Å²) in [5.74, 6) is 0. The average molecular weight is 241 g/mol. The molecule has 0 aliphatic heterocycles. The largest absolute Gasteiger partial charge is 0.378 e. The minimum atomic E-state index is 1.01. The van der Waals surface area contributed by atoms with E-state index in [1.807, 2.05) is 0 Å². The topological polar surface area (TPSA) is 7.68 Å². The van der Waals surface area contributed by atoms with Gasteiger partial charge in [-0.3, -0.25) is 0 Å². The smallest absolute Gasteiger partial charge is 0.131 e. The first kappa shape index (κ1) is 12.7. The quantitative estimate of drug-likeness (QED) is 0.861. The Hall–Kier alpha value is -1.80. The molecule has 2 heteroatoms. The molecule has 2 rings (SSSR count). The van der Waals surface area contributed by atoms with Crippen LogP contribution in [-0.2, 0) is 6.54 Å². The van der Waals surface area contributed by atoms with Crippen molar-refractivity contribution in [2.75, 3.05) is 26.0 Å². The van der Waals surface area contributed by atoms with Gasteiger partial charge >= 0.3 is 0 Å². The normalized spacial score (nSPS) is 12.2. The molecule has 0 aliphatic rings. The van der Waals surface area contributed by atoms with Crippen molar-refractivity contribution in [1.29, 1.82) is 0 Å². The molecule has 1 N–H and O–H groups in total. The van der Waals surface area contributed by atoms with Crippen molar-refractivity contribution in [2.45, 2.75) is 6.54 Å². The number of nitrogens with one attached hydrogen (secondary N) is 1. The van der Waals surface area contributed by atoms with Crippen LogP contribution in [0.25, 0.3) is 0 Å². The van der Waals surface area contributed by atoms with Gasteiger partial charge in [0.1, 0.15) is 12.2 Å². The average Bonchev–Trinajstić information content (AvgIpc) is 2.40. The van der Waals surface area contributed by atoms with Gasteiger partial charge in [0.15, 0.2) is 0 Å². The summed E-state index contributed by atoms with van der Waals surface area (Å²) in [6.45, 7) is 1.01. The molecule has 2 nitrogen and oxygen atoms in total. The van der Waals surface area contributed by atoms with Crippen LogP contribution in [-0.4, -0.2) is 21.1 Å². The summed E-state index contributed by atoms with van der Waals surface area (Å²) in [6, 6.07) is 19.3. The molecule has 0 spiro atoms. The fourth-order valence-corrected chi connectivity index (χ4v) is 2.04. The molecule has 0 bridgehead atoms. The van der Waals surface area contributed by atoms with Crippen molar-refractivity contribution in [2.24, 2.45) is 0 Å². The highest BCUT2D eigenvalue weighted by Gasteiger charge is 2.06. The Morgan fingerprint density at radius 2 is 1.50 bits per heavy atom. The van der Waals surface area contributed by atoms with Crippen molar-refractivity contribution < 1.29 is 4.90 Å². The van der Waals surface area contributed by atoms with E-state index in [9.17, 15) is 0 Å². The maximum absolute atomic E-state index is 2.21. The second-order valence-corrected chi connectivity index (χ2v) is 4.88. The molecule has 2 aromatic carbocycles. The highest BCUT2D eigenvalue weighted by atomic mass is 15.1. The Labute approximate surface area is 109 Å². The summed E-state index contributed by atoms with van der Waals surface area (Å²) in [5.41, 5.74) is 3.94. The summed E-state index contributed by atoms with van der Waals surface area (Å²) in [6.07, 6.45) is 0. The minimum absolute atomic E-state index is 1.01. The minimum Gasteiger partial charge on any atom is -0.378 e. The van der Waals surface area contributed by atoms with Crippen LogP contribution >= 0.6 is 0 Å². The molecule has 0 amide bonds. The SMILES string of the molecule is CN(C)c1ccc(C[NH+](C)c2ccccc2)cc1. The molecule has 0 fully saturated rings. The molecule has 0 saturated carbocycles. The first-order chi connectivity index (χ1) is 8.66. The molecule has 1 atom stereocenters. The molecule has 2 aromatic rings. The molecular weight excluding hydrogens is 220 g/mol. The summed E-state index contributed by atoms with van der Waals surface area (Å²) < 4.78 is 0. The van der Waals surface area contributed by atoms with Crippen LogP contribution in [0.15, 0.2) is 54.6 Å². The van der Waals surface area contributed by atoms with Crippen LogP contribution in [0.1, 0.15) is 5.56 Å². The van der Waals surface area contributed by atoms with E-state index in [0.717, 1.165) is 6.54 Å². The maximum Gasteiger partial charge on any atom is 0.131 e. The Balaban J connectivity index is 2.05. The van der Waals surface area contributed by atoms with Gasteiger partial charge in [0, 0.05) is 25.3 Å². The van der Waals surface area contributed by atoms with Crippen molar-refractivity contribution in [1.82, 2.24) is 0 Å². The predicted octanol–water partition coefficient (Wildman–Crippen LogP) is 2.10. The fraction of sp³-hybridized carbons (Fsp3) is 0.250. The van der Waals surface area contributed by atoms with Gasteiger partial charge in [0.2, 0.25) is 0 Å². The molecule has 94 valence electrons. The van der Waals surface area contributed by atoms with Crippen LogP contribution in [0, 0.1) is 0 Å². The van der Waals surface area contributed by atoms with Crippen LogP contribution in [0.5, 0.6) is 0 Å². The van der Waals surface area contributed by atoms with Crippen LogP contribution < -0.4 is 9.80 Å². The Morgan fingerprint density at radius 1 is 0.889 bits per heavy atom. The molecule has 0 saturated heterocycles. The van der Waals surface area contributed by atoms with E-state index in [2.05, 4.69) is 80.6 Å². The second kappa shape index (κ2) is 5.69. The summed E-state index contributed by atoms with van der Waals surface area (Å²) in [5, 5.41) is 0. The van der Waals surface area contributed by atoms with Crippen LogP contribution in [0.3, 0.4) is 0 Å². The number of para-hydroxylation sites is 1. The number of rotatable bonds is 4. The van der Waals surface area contributed by atoms with E-state index < -0.39 is 0 Å². The van der Waals surface area contributed by atoms with Gasteiger partial charge in [-0.2, -0.15) is 0 Å². The lowest BCUT2D eigenvalue weighted by molar-refractivity contribution is -0.825. The molecule has 18 heavy (non-hydrogen) atoms. The lowest BCUT2D eigenvalue weighted by atomic mass is 10.2. The highest BCUT2D eigenvalue weighted by molar-refractivity contribution is 5.45. The van der Waals surface area contributed by atoms with E-state index in [0.29, 0.717) is 0 Å². The van der Waals surface area contributed by atoms with E-state index in [-0.39, 0.29) is 0 Å². The zero-order chi connectivity index (χ0) is 13.0. The number of benzene rings is 2. The lowest BCUT2D eigenvalue weighted by Gasteiger charge is -2.15. The molecule has 0 heterocycles. The lowest BCUT2D eigenvalue weighted by Crippen LogP contribution is -3.02. The third-order valence-electron chi connectivity index (χ3n) is 3.19. The van der Waals surface area contributed by atoms with Gasteiger partial charge in [-0.25, -0.2) is 0 Å². The summed E-state index contributed by atoms with van der Waals surface area (Å²) in [7, 11) is 6.34. The number of hydrogen-bond acceptors (Lipinski definition) is 1. The number of anilines is 1. The fourth-order valence-electron chi connectivity index (χ4n) is 2.04. The van der Waals surface area contributed by atoms with Crippen molar-refractivity contribution >= 4 is 11.4 Å². The highest BCUT2D eigenvalue weighted by Crippen LogP contribution is 2.11. The number of hydrogen-bond donors (Lipinski definition) is 1. The van der Waals surface area contributed by atoms with E-state index in [1.165, 1.54) is 21.8 Å². The standard InChI is InChI=1S/C16H20N2/c1-17(2)15-11-9-14(10-12-15)13-18(3)16-7-5-4-6-8-16/h4-12H,13H2,1-3H3/p+1. The van der Waals surface area contributed by atoms with E-state index in [1.54, 1.807) is 0 Å².